The molecule has 4 rings (SSSR count). The van der Waals surface area contributed by atoms with Gasteiger partial charge >= 0.3 is 0 Å². The fraction of sp³-hybridized carbons (Fsp3) is 1.00. The van der Waals surface area contributed by atoms with Gasteiger partial charge in [0.2, 0.25) is 0 Å². The van der Waals surface area contributed by atoms with Gasteiger partial charge < -0.3 is 0 Å². The van der Waals surface area contributed by atoms with Crippen LogP contribution in [0.1, 0.15) is 81.6 Å². The van der Waals surface area contributed by atoms with Crippen molar-refractivity contribution >= 4 is 0 Å². The highest BCUT2D eigenvalue weighted by Gasteiger charge is 2.52. The molecule has 0 radical (unpaired) electrons. The van der Waals surface area contributed by atoms with Crippen molar-refractivity contribution in [2.45, 2.75) is 117 Å². The number of fused-ring (bicyclic) bond motifs is 3. The summed E-state index contributed by atoms with van der Waals surface area (Å²) in [5.74, 6) is 0.858. The molecule has 5 atom stereocenters. The van der Waals surface area contributed by atoms with Gasteiger partial charge in [-0.15, -0.1) is 0 Å². The predicted octanol–water partition coefficient (Wildman–Crippen LogP) is 4.15. The molecule has 4 aliphatic rings. The summed E-state index contributed by atoms with van der Waals surface area (Å²) in [6, 6.07) is 2.92. The Hall–Kier alpha value is -0.160. The molecular formula is C26H50N4. The van der Waals surface area contributed by atoms with Crippen LogP contribution in [-0.4, -0.2) is 94.1 Å². The Labute approximate surface area is 187 Å². The highest BCUT2D eigenvalue weighted by Crippen LogP contribution is 2.45. The van der Waals surface area contributed by atoms with Crippen molar-refractivity contribution in [2.75, 3.05) is 39.3 Å². The van der Waals surface area contributed by atoms with Gasteiger partial charge in [-0.1, -0.05) is 6.92 Å². The fourth-order valence-corrected chi connectivity index (χ4v) is 7.61. The lowest BCUT2D eigenvalue weighted by Gasteiger charge is -2.43. The highest BCUT2D eigenvalue weighted by molar-refractivity contribution is 5.06. The van der Waals surface area contributed by atoms with Crippen molar-refractivity contribution in [3.05, 3.63) is 0 Å². The zero-order valence-electron chi connectivity index (χ0n) is 21.5. The maximum absolute atomic E-state index is 2.90. The van der Waals surface area contributed by atoms with Crippen LogP contribution in [-0.2, 0) is 0 Å². The summed E-state index contributed by atoms with van der Waals surface area (Å²) in [6.07, 6.45) is 4.02. The third kappa shape index (κ3) is 4.11. The van der Waals surface area contributed by atoms with Crippen LogP contribution in [0.25, 0.3) is 0 Å². The minimum absolute atomic E-state index is 0.287. The lowest BCUT2D eigenvalue weighted by Crippen LogP contribution is -2.51. The minimum Gasteiger partial charge on any atom is -0.300 e. The SMILES string of the molecule is CC(C)N1CC2CN(C(C)CC(C)(C)N3CC4CC3CCN4C(C)(C)C)CC2(C)C1. The van der Waals surface area contributed by atoms with Crippen LogP contribution < -0.4 is 0 Å². The highest BCUT2D eigenvalue weighted by atomic mass is 15.4. The summed E-state index contributed by atoms with van der Waals surface area (Å²) in [6.45, 7) is 29.8. The van der Waals surface area contributed by atoms with Crippen LogP contribution in [0.15, 0.2) is 0 Å². The van der Waals surface area contributed by atoms with E-state index in [9.17, 15) is 0 Å². The van der Waals surface area contributed by atoms with E-state index in [1.807, 2.05) is 0 Å². The summed E-state index contributed by atoms with van der Waals surface area (Å²) in [5.41, 5.74) is 1.09. The molecule has 4 nitrogen and oxygen atoms in total. The Bertz CT molecular complexity index is 623. The Morgan fingerprint density at radius 1 is 0.867 bits per heavy atom. The Morgan fingerprint density at radius 2 is 1.50 bits per heavy atom. The molecule has 5 unspecified atom stereocenters. The molecule has 0 aromatic heterocycles. The fourth-order valence-electron chi connectivity index (χ4n) is 7.61. The molecule has 4 heteroatoms. The van der Waals surface area contributed by atoms with Gasteiger partial charge in [0.1, 0.15) is 0 Å². The van der Waals surface area contributed by atoms with E-state index in [0.717, 1.165) is 18.0 Å². The van der Waals surface area contributed by atoms with Crippen LogP contribution in [0.5, 0.6) is 0 Å². The predicted molar refractivity (Wildman–Crippen MR) is 128 cm³/mol. The smallest absolute Gasteiger partial charge is 0.0243 e. The number of likely N-dealkylation sites (tertiary alicyclic amines) is 4. The first kappa shape index (κ1) is 23.0. The van der Waals surface area contributed by atoms with E-state index < -0.39 is 0 Å². The van der Waals surface area contributed by atoms with Crippen LogP contribution in [0.3, 0.4) is 0 Å². The van der Waals surface area contributed by atoms with E-state index in [0.29, 0.717) is 23.0 Å². The largest absolute Gasteiger partial charge is 0.300 e. The number of hydrogen-bond acceptors (Lipinski definition) is 4. The second kappa shape index (κ2) is 7.71. The van der Waals surface area contributed by atoms with E-state index >= 15 is 0 Å². The van der Waals surface area contributed by atoms with Gasteiger partial charge in [-0.25, -0.2) is 0 Å². The average Bonchev–Trinajstić information content (AvgIpc) is 3.21. The molecule has 0 N–H and O–H groups in total. The topological polar surface area (TPSA) is 13.0 Å². The lowest BCUT2D eigenvalue weighted by molar-refractivity contribution is 0.0604. The molecule has 0 saturated carbocycles. The summed E-state index contributed by atoms with van der Waals surface area (Å²) in [5, 5.41) is 0. The second-order valence-electron chi connectivity index (χ2n) is 13.5. The summed E-state index contributed by atoms with van der Waals surface area (Å²) in [4.78, 5) is 11.2. The van der Waals surface area contributed by atoms with E-state index in [-0.39, 0.29) is 5.54 Å². The van der Waals surface area contributed by atoms with Gasteiger partial charge in [0.05, 0.1) is 0 Å². The third-order valence-electron chi connectivity index (χ3n) is 9.35. The first-order chi connectivity index (χ1) is 13.8. The Morgan fingerprint density at radius 3 is 2.10 bits per heavy atom. The van der Waals surface area contributed by atoms with Crippen LogP contribution in [0.2, 0.25) is 0 Å². The van der Waals surface area contributed by atoms with Gasteiger partial charge in [-0.2, -0.15) is 0 Å². The average molecular weight is 419 g/mol. The summed E-state index contributed by atoms with van der Waals surface area (Å²) in [7, 11) is 0. The Balaban J connectivity index is 1.37. The zero-order chi connectivity index (χ0) is 22.1. The number of rotatable bonds is 5. The van der Waals surface area contributed by atoms with Crippen molar-refractivity contribution in [1.29, 1.82) is 0 Å². The van der Waals surface area contributed by atoms with Crippen molar-refractivity contribution in [1.82, 2.24) is 19.6 Å². The molecule has 4 heterocycles. The zero-order valence-corrected chi connectivity index (χ0v) is 21.5. The van der Waals surface area contributed by atoms with Crippen LogP contribution >= 0.6 is 0 Å². The van der Waals surface area contributed by atoms with E-state index in [2.05, 4.69) is 81.9 Å². The van der Waals surface area contributed by atoms with E-state index in [1.165, 1.54) is 58.5 Å². The molecule has 4 fully saturated rings. The molecule has 0 aliphatic carbocycles. The third-order valence-corrected chi connectivity index (χ3v) is 9.35. The van der Waals surface area contributed by atoms with Crippen molar-refractivity contribution < 1.29 is 0 Å². The molecular weight excluding hydrogens is 368 g/mol. The molecule has 2 bridgehead atoms. The van der Waals surface area contributed by atoms with E-state index in [4.69, 9.17) is 0 Å². The molecule has 0 aromatic carbocycles. The first-order valence-electron chi connectivity index (χ1n) is 12.8. The molecule has 174 valence electrons. The van der Waals surface area contributed by atoms with Gasteiger partial charge in [0.15, 0.2) is 0 Å². The maximum Gasteiger partial charge on any atom is 0.0243 e. The van der Waals surface area contributed by atoms with Crippen LogP contribution in [0, 0.1) is 11.3 Å². The number of nitrogens with zero attached hydrogens (tertiary/aromatic N) is 4. The monoisotopic (exact) mass is 418 g/mol. The molecule has 30 heavy (non-hydrogen) atoms. The number of piperidine rings is 1. The Kier molecular flexibility index (Phi) is 5.92. The van der Waals surface area contributed by atoms with Gasteiger partial charge in [-0.05, 0) is 86.0 Å². The molecule has 0 spiro atoms. The first-order valence-corrected chi connectivity index (χ1v) is 12.8. The van der Waals surface area contributed by atoms with Crippen molar-refractivity contribution in [3.63, 3.8) is 0 Å². The van der Waals surface area contributed by atoms with E-state index in [1.54, 1.807) is 0 Å². The van der Waals surface area contributed by atoms with Gasteiger partial charge in [0, 0.05) is 74.5 Å². The molecule has 4 saturated heterocycles. The molecule has 0 aromatic rings. The maximum atomic E-state index is 2.90. The minimum atomic E-state index is 0.287. The molecule has 0 amide bonds. The van der Waals surface area contributed by atoms with Crippen LogP contribution in [0.4, 0.5) is 0 Å². The normalized spacial score (nSPS) is 38.0. The lowest BCUT2D eigenvalue weighted by atomic mass is 9.83. The van der Waals surface area contributed by atoms with Gasteiger partial charge in [0.25, 0.3) is 0 Å². The second-order valence-corrected chi connectivity index (χ2v) is 13.5. The van der Waals surface area contributed by atoms with Gasteiger partial charge in [-0.3, -0.25) is 19.6 Å². The van der Waals surface area contributed by atoms with Crippen molar-refractivity contribution in [3.8, 4) is 0 Å². The summed E-state index contributed by atoms with van der Waals surface area (Å²) < 4.78 is 0. The number of hydrogen-bond donors (Lipinski definition) is 0. The quantitative estimate of drug-likeness (QED) is 0.665. The summed E-state index contributed by atoms with van der Waals surface area (Å²) >= 11 is 0. The molecule has 4 aliphatic heterocycles. The standard InChI is InChI=1S/C26H50N4/c1-19(2)27-14-21-15-28(18-26(21,9)17-27)20(3)13-25(7,8)30-16-23-12-22(30)10-11-29(23)24(4,5)6/h19-23H,10-18H2,1-9H3. The van der Waals surface area contributed by atoms with Crippen molar-refractivity contribution in [2.24, 2.45) is 11.3 Å².